The van der Waals surface area contributed by atoms with Gasteiger partial charge in [0.15, 0.2) is 11.5 Å². The van der Waals surface area contributed by atoms with E-state index in [1.165, 1.54) is 11.1 Å². The van der Waals surface area contributed by atoms with Gasteiger partial charge in [-0.3, -0.25) is 0 Å². The van der Waals surface area contributed by atoms with Crippen LogP contribution in [0.2, 0.25) is 0 Å². The second-order valence-corrected chi connectivity index (χ2v) is 6.87. The zero-order chi connectivity index (χ0) is 17.3. The molecule has 0 bridgehead atoms. The molecule has 1 aliphatic carbocycles. The monoisotopic (exact) mass is 338 g/mol. The molecule has 2 N–H and O–H groups in total. The molecule has 2 aliphatic rings. The number of aryl methyl sites for hydroxylation is 1. The number of fused-ring (bicyclic) bond motifs is 1. The van der Waals surface area contributed by atoms with E-state index in [0.29, 0.717) is 13.1 Å². The summed E-state index contributed by atoms with van der Waals surface area (Å²) < 4.78 is 10.6. The van der Waals surface area contributed by atoms with Crippen LogP contribution in [0.4, 0.5) is 4.79 Å². The van der Waals surface area contributed by atoms with Gasteiger partial charge in [-0.25, -0.2) is 4.79 Å². The van der Waals surface area contributed by atoms with E-state index in [4.69, 9.17) is 9.47 Å². The molecule has 0 spiro atoms. The van der Waals surface area contributed by atoms with Gasteiger partial charge < -0.3 is 20.1 Å². The Labute approximate surface area is 147 Å². The van der Waals surface area contributed by atoms with Crippen molar-refractivity contribution in [3.05, 3.63) is 59.2 Å². The SMILES string of the molecule is Cc1ccc(C2(CNC(=O)NCc3ccc4c(c3)OCO4)CC2)cc1. The predicted octanol–water partition coefficient (Wildman–Crippen LogP) is 3.25. The Kier molecular flexibility index (Phi) is 3.99. The van der Waals surface area contributed by atoms with Crippen molar-refractivity contribution in [2.24, 2.45) is 0 Å². The molecule has 2 aromatic carbocycles. The van der Waals surface area contributed by atoms with Crippen LogP contribution in [-0.2, 0) is 12.0 Å². The van der Waals surface area contributed by atoms with Crippen LogP contribution < -0.4 is 20.1 Å². The Morgan fingerprint density at radius 3 is 2.56 bits per heavy atom. The molecule has 25 heavy (non-hydrogen) atoms. The van der Waals surface area contributed by atoms with E-state index in [0.717, 1.165) is 29.9 Å². The standard InChI is InChI=1S/C20H22N2O3/c1-14-2-5-16(6-3-14)20(8-9-20)12-22-19(23)21-11-15-4-7-17-18(10-15)25-13-24-17/h2-7,10H,8-9,11-13H2,1H3,(H2,21,22,23). The Hall–Kier alpha value is -2.69. The summed E-state index contributed by atoms with van der Waals surface area (Å²) in [6.07, 6.45) is 2.25. The van der Waals surface area contributed by atoms with Crippen LogP contribution in [0.1, 0.15) is 29.5 Å². The number of amides is 2. The van der Waals surface area contributed by atoms with E-state index in [2.05, 4.69) is 41.8 Å². The lowest BCUT2D eigenvalue weighted by Crippen LogP contribution is -2.39. The Morgan fingerprint density at radius 1 is 1.04 bits per heavy atom. The normalized spacial score (nSPS) is 16.4. The number of carbonyl (C=O) groups excluding carboxylic acids is 1. The first-order valence-corrected chi connectivity index (χ1v) is 8.62. The summed E-state index contributed by atoms with van der Waals surface area (Å²) in [7, 11) is 0. The number of nitrogens with one attached hydrogen (secondary N) is 2. The Bertz CT molecular complexity index is 782. The van der Waals surface area contributed by atoms with E-state index in [1.54, 1.807) is 0 Å². The third-order valence-corrected chi connectivity index (χ3v) is 4.99. The maximum absolute atomic E-state index is 12.1. The van der Waals surface area contributed by atoms with Crippen molar-refractivity contribution in [2.45, 2.75) is 31.7 Å². The molecule has 0 aromatic heterocycles. The average molecular weight is 338 g/mol. The minimum Gasteiger partial charge on any atom is -0.454 e. The fourth-order valence-electron chi connectivity index (χ4n) is 3.17. The van der Waals surface area contributed by atoms with Crippen LogP contribution >= 0.6 is 0 Å². The molecule has 0 unspecified atom stereocenters. The number of ether oxygens (including phenoxy) is 2. The largest absolute Gasteiger partial charge is 0.454 e. The maximum atomic E-state index is 12.1. The Balaban J connectivity index is 1.29. The van der Waals surface area contributed by atoms with E-state index >= 15 is 0 Å². The molecule has 5 nitrogen and oxygen atoms in total. The summed E-state index contributed by atoms with van der Waals surface area (Å²) in [4.78, 5) is 12.1. The fourth-order valence-corrected chi connectivity index (χ4v) is 3.17. The highest BCUT2D eigenvalue weighted by atomic mass is 16.7. The van der Waals surface area contributed by atoms with Gasteiger partial charge in [0.2, 0.25) is 6.79 Å². The molecule has 1 heterocycles. The highest BCUT2D eigenvalue weighted by Crippen LogP contribution is 2.47. The number of benzene rings is 2. The molecule has 1 aliphatic heterocycles. The molecule has 2 amide bonds. The lowest BCUT2D eigenvalue weighted by atomic mass is 9.95. The summed E-state index contributed by atoms with van der Waals surface area (Å²) >= 11 is 0. The average Bonchev–Trinajstić information content (AvgIpc) is 3.27. The number of hydrogen-bond donors (Lipinski definition) is 2. The van der Waals surface area contributed by atoms with Crippen molar-refractivity contribution < 1.29 is 14.3 Å². The lowest BCUT2D eigenvalue weighted by molar-refractivity contribution is 0.174. The fraction of sp³-hybridized carbons (Fsp3) is 0.350. The number of urea groups is 1. The molecule has 0 radical (unpaired) electrons. The van der Waals surface area contributed by atoms with Gasteiger partial charge in [0.1, 0.15) is 0 Å². The summed E-state index contributed by atoms with van der Waals surface area (Å²) in [6, 6.07) is 14.2. The first kappa shape index (κ1) is 15.8. The van der Waals surface area contributed by atoms with Crippen LogP contribution in [0, 0.1) is 6.92 Å². The van der Waals surface area contributed by atoms with Gasteiger partial charge in [0.05, 0.1) is 0 Å². The van der Waals surface area contributed by atoms with Gasteiger partial charge >= 0.3 is 6.03 Å². The van der Waals surface area contributed by atoms with Crippen molar-refractivity contribution in [1.29, 1.82) is 0 Å². The van der Waals surface area contributed by atoms with Crippen LogP contribution in [-0.4, -0.2) is 19.4 Å². The minimum atomic E-state index is -0.143. The maximum Gasteiger partial charge on any atom is 0.315 e. The van der Waals surface area contributed by atoms with Crippen molar-refractivity contribution in [3.8, 4) is 11.5 Å². The summed E-state index contributed by atoms with van der Waals surface area (Å²) in [6.45, 7) is 3.47. The molecule has 1 saturated carbocycles. The molecular weight excluding hydrogens is 316 g/mol. The number of hydrogen-bond acceptors (Lipinski definition) is 3. The highest BCUT2D eigenvalue weighted by molar-refractivity contribution is 5.74. The zero-order valence-corrected chi connectivity index (χ0v) is 14.3. The summed E-state index contributed by atoms with van der Waals surface area (Å²) in [5.74, 6) is 1.48. The first-order valence-electron chi connectivity index (χ1n) is 8.62. The highest BCUT2D eigenvalue weighted by Gasteiger charge is 2.44. The second kappa shape index (κ2) is 6.31. The molecule has 4 rings (SSSR count). The van der Waals surface area contributed by atoms with Crippen molar-refractivity contribution in [3.63, 3.8) is 0 Å². The molecular formula is C20H22N2O3. The molecule has 2 aromatic rings. The minimum absolute atomic E-state index is 0.115. The van der Waals surface area contributed by atoms with Crippen LogP contribution in [0.25, 0.3) is 0 Å². The van der Waals surface area contributed by atoms with Crippen molar-refractivity contribution in [2.75, 3.05) is 13.3 Å². The first-order chi connectivity index (χ1) is 12.1. The molecule has 1 fully saturated rings. The van der Waals surface area contributed by atoms with E-state index in [9.17, 15) is 4.79 Å². The van der Waals surface area contributed by atoms with Crippen LogP contribution in [0.15, 0.2) is 42.5 Å². The van der Waals surface area contributed by atoms with Crippen LogP contribution in [0.5, 0.6) is 11.5 Å². The van der Waals surface area contributed by atoms with E-state index in [1.807, 2.05) is 18.2 Å². The summed E-state index contributed by atoms with van der Waals surface area (Å²) in [5.41, 5.74) is 3.67. The third kappa shape index (κ3) is 3.40. The van der Waals surface area contributed by atoms with Gasteiger partial charge in [-0.05, 0) is 43.0 Å². The van der Waals surface area contributed by atoms with Gasteiger partial charge in [0.25, 0.3) is 0 Å². The number of rotatable bonds is 5. The van der Waals surface area contributed by atoms with Crippen molar-refractivity contribution in [1.82, 2.24) is 10.6 Å². The molecule has 130 valence electrons. The van der Waals surface area contributed by atoms with E-state index < -0.39 is 0 Å². The predicted molar refractivity (Wildman–Crippen MR) is 94.9 cm³/mol. The van der Waals surface area contributed by atoms with E-state index in [-0.39, 0.29) is 18.2 Å². The number of carbonyl (C=O) groups is 1. The van der Waals surface area contributed by atoms with Gasteiger partial charge in [-0.15, -0.1) is 0 Å². The lowest BCUT2D eigenvalue weighted by Gasteiger charge is -2.17. The topological polar surface area (TPSA) is 59.6 Å². The smallest absolute Gasteiger partial charge is 0.315 e. The summed E-state index contributed by atoms with van der Waals surface area (Å²) in [5, 5.41) is 5.92. The zero-order valence-electron chi connectivity index (χ0n) is 14.3. The second-order valence-electron chi connectivity index (χ2n) is 6.87. The quantitative estimate of drug-likeness (QED) is 0.880. The van der Waals surface area contributed by atoms with Gasteiger partial charge in [-0.1, -0.05) is 35.9 Å². The molecule has 5 heteroatoms. The molecule has 0 atom stereocenters. The van der Waals surface area contributed by atoms with Gasteiger partial charge in [0, 0.05) is 18.5 Å². The van der Waals surface area contributed by atoms with Crippen LogP contribution in [0.3, 0.4) is 0 Å². The van der Waals surface area contributed by atoms with Crippen molar-refractivity contribution >= 4 is 6.03 Å². The Morgan fingerprint density at radius 2 is 1.80 bits per heavy atom. The molecule has 0 saturated heterocycles. The third-order valence-electron chi connectivity index (χ3n) is 4.99. The van der Waals surface area contributed by atoms with Gasteiger partial charge in [-0.2, -0.15) is 0 Å².